The molecule has 2 aromatic rings. The maximum absolute atomic E-state index is 12.0. The molecule has 0 radical (unpaired) electrons. The number of nitro groups is 1. The van der Waals surface area contributed by atoms with Gasteiger partial charge in [-0.15, -0.1) is 0 Å². The van der Waals surface area contributed by atoms with E-state index >= 15 is 0 Å². The van der Waals surface area contributed by atoms with Crippen molar-refractivity contribution >= 4 is 23.1 Å². The first kappa shape index (κ1) is 14.4. The van der Waals surface area contributed by atoms with E-state index in [1.165, 1.54) is 12.1 Å². The van der Waals surface area contributed by atoms with Crippen molar-refractivity contribution in [3.63, 3.8) is 0 Å². The third kappa shape index (κ3) is 4.00. The van der Waals surface area contributed by atoms with Crippen molar-refractivity contribution in [2.75, 3.05) is 10.6 Å². The zero-order chi connectivity index (χ0) is 15.2. The third-order valence-electron chi connectivity index (χ3n) is 2.76. The number of hydrogen-bond acceptors (Lipinski definition) is 5. The molecule has 1 atom stereocenters. The highest BCUT2D eigenvalue weighted by molar-refractivity contribution is 5.96. The normalized spacial score (nSPS) is 11.5. The fraction of sp³-hybridized carbons (Fsp3) is 0.143. The summed E-state index contributed by atoms with van der Waals surface area (Å²) in [6.45, 7) is 1.68. The molecule has 0 fully saturated rings. The average molecular weight is 286 g/mol. The first-order valence-corrected chi connectivity index (χ1v) is 6.29. The van der Waals surface area contributed by atoms with Gasteiger partial charge in [-0.25, -0.2) is 4.98 Å². The third-order valence-corrected chi connectivity index (χ3v) is 2.76. The van der Waals surface area contributed by atoms with Crippen molar-refractivity contribution in [1.29, 1.82) is 0 Å². The van der Waals surface area contributed by atoms with Crippen LogP contribution in [-0.2, 0) is 4.79 Å². The number of hydrogen-bond donors (Lipinski definition) is 2. The molecule has 0 spiro atoms. The van der Waals surface area contributed by atoms with Gasteiger partial charge in [0, 0.05) is 11.8 Å². The number of carbonyl (C=O) groups is 1. The van der Waals surface area contributed by atoms with Gasteiger partial charge in [0.25, 0.3) is 5.69 Å². The van der Waals surface area contributed by atoms with Gasteiger partial charge in [-0.3, -0.25) is 14.9 Å². The molecule has 1 amide bonds. The van der Waals surface area contributed by atoms with Gasteiger partial charge in [0.15, 0.2) is 0 Å². The van der Waals surface area contributed by atoms with E-state index in [-0.39, 0.29) is 11.6 Å². The molecule has 0 aliphatic rings. The molecule has 0 saturated carbocycles. The molecule has 21 heavy (non-hydrogen) atoms. The number of pyridine rings is 1. The van der Waals surface area contributed by atoms with Gasteiger partial charge in [-0.1, -0.05) is 18.2 Å². The van der Waals surface area contributed by atoms with Crippen LogP contribution < -0.4 is 10.6 Å². The molecule has 0 saturated heterocycles. The molecule has 7 heteroatoms. The Bertz CT molecular complexity index is 628. The average Bonchev–Trinajstić information content (AvgIpc) is 2.48. The van der Waals surface area contributed by atoms with Gasteiger partial charge in [0.05, 0.1) is 4.92 Å². The van der Waals surface area contributed by atoms with Crippen LogP contribution in [0.2, 0.25) is 0 Å². The highest BCUT2D eigenvalue weighted by Gasteiger charge is 2.14. The van der Waals surface area contributed by atoms with Crippen molar-refractivity contribution in [2.24, 2.45) is 0 Å². The van der Waals surface area contributed by atoms with Crippen LogP contribution in [0.1, 0.15) is 6.92 Å². The minimum Gasteiger partial charge on any atom is -0.359 e. The lowest BCUT2D eigenvalue weighted by Gasteiger charge is -2.14. The Balaban J connectivity index is 1.95. The van der Waals surface area contributed by atoms with Crippen molar-refractivity contribution in [2.45, 2.75) is 13.0 Å². The van der Waals surface area contributed by atoms with Crippen molar-refractivity contribution in [1.82, 2.24) is 4.98 Å². The zero-order valence-corrected chi connectivity index (χ0v) is 11.3. The standard InChI is InChI=1S/C14H14N4O3/c1-10(14(19)17-11-5-3-2-4-6-11)16-13-8-7-12(9-15-13)18(20)21/h2-10H,1H3,(H,15,16)(H,17,19). The molecule has 0 bridgehead atoms. The van der Waals surface area contributed by atoms with E-state index < -0.39 is 11.0 Å². The number of aromatic nitrogens is 1. The first-order chi connectivity index (χ1) is 10.1. The van der Waals surface area contributed by atoms with Gasteiger partial charge in [0.2, 0.25) is 5.91 Å². The number of nitrogens with one attached hydrogen (secondary N) is 2. The maximum Gasteiger partial charge on any atom is 0.287 e. The molecule has 0 aliphatic heterocycles. The number of anilines is 2. The molecule has 2 N–H and O–H groups in total. The van der Waals surface area contributed by atoms with Crippen LogP contribution in [0.3, 0.4) is 0 Å². The topological polar surface area (TPSA) is 97.2 Å². The van der Waals surface area contributed by atoms with Crippen molar-refractivity contribution < 1.29 is 9.72 Å². The molecule has 1 aromatic carbocycles. The van der Waals surface area contributed by atoms with E-state index in [1.807, 2.05) is 18.2 Å². The van der Waals surface area contributed by atoms with E-state index in [2.05, 4.69) is 15.6 Å². The molecule has 1 aromatic heterocycles. The van der Waals surface area contributed by atoms with Crippen LogP contribution in [0.5, 0.6) is 0 Å². The van der Waals surface area contributed by atoms with Crippen LogP contribution in [0.25, 0.3) is 0 Å². The second-order valence-electron chi connectivity index (χ2n) is 4.38. The second kappa shape index (κ2) is 6.47. The summed E-state index contributed by atoms with van der Waals surface area (Å²) in [6, 6.07) is 11.3. The predicted octanol–water partition coefficient (Wildman–Crippen LogP) is 2.43. The Labute approximate surface area is 121 Å². The molecule has 108 valence electrons. The largest absolute Gasteiger partial charge is 0.359 e. The summed E-state index contributed by atoms with van der Waals surface area (Å²) in [6.07, 6.45) is 1.14. The van der Waals surface area contributed by atoms with Crippen LogP contribution in [0.15, 0.2) is 48.7 Å². The quantitative estimate of drug-likeness (QED) is 0.650. The monoisotopic (exact) mass is 286 g/mol. The molecule has 1 heterocycles. The molecular formula is C14H14N4O3. The Kier molecular flexibility index (Phi) is 4.45. The number of amides is 1. The number of para-hydroxylation sites is 1. The van der Waals surface area contributed by atoms with Gasteiger partial charge in [-0.2, -0.15) is 0 Å². The highest BCUT2D eigenvalue weighted by Crippen LogP contribution is 2.13. The first-order valence-electron chi connectivity index (χ1n) is 6.29. The van der Waals surface area contributed by atoms with E-state index in [4.69, 9.17) is 0 Å². The lowest BCUT2D eigenvalue weighted by Crippen LogP contribution is -2.32. The van der Waals surface area contributed by atoms with Crippen molar-refractivity contribution in [3.8, 4) is 0 Å². The summed E-state index contributed by atoms with van der Waals surface area (Å²) in [5, 5.41) is 16.2. The summed E-state index contributed by atoms with van der Waals surface area (Å²) in [5.41, 5.74) is 0.606. The predicted molar refractivity (Wildman–Crippen MR) is 79.0 cm³/mol. The zero-order valence-electron chi connectivity index (χ0n) is 11.3. The van der Waals surface area contributed by atoms with E-state index in [1.54, 1.807) is 19.1 Å². The van der Waals surface area contributed by atoms with Crippen LogP contribution in [0.4, 0.5) is 17.2 Å². The number of rotatable bonds is 5. The van der Waals surface area contributed by atoms with Gasteiger partial charge < -0.3 is 10.6 Å². The second-order valence-corrected chi connectivity index (χ2v) is 4.38. The Morgan fingerprint density at radius 2 is 1.95 bits per heavy atom. The Morgan fingerprint density at radius 3 is 2.52 bits per heavy atom. The summed E-state index contributed by atoms with van der Waals surface area (Å²) in [5.74, 6) is 0.178. The SMILES string of the molecule is CC(Nc1ccc([N+](=O)[O-])cn1)C(=O)Nc1ccccc1. The maximum atomic E-state index is 12.0. The lowest BCUT2D eigenvalue weighted by molar-refractivity contribution is -0.385. The van der Waals surface area contributed by atoms with E-state index in [0.717, 1.165) is 6.20 Å². The number of benzene rings is 1. The highest BCUT2D eigenvalue weighted by atomic mass is 16.6. The fourth-order valence-electron chi connectivity index (χ4n) is 1.64. The lowest BCUT2D eigenvalue weighted by atomic mass is 10.2. The van der Waals surface area contributed by atoms with E-state index in [9.17, 15) is 14.9 Å². The molecule has 2 rings (SSSR count). The summed E-state index contributed by atoms with van der Waals surface area (Å²) >= 11 is 0. The summed E-state index contributed by atoms with van der Waals surface area (Å²) < 4.78 is 0. The Hall–Kier alpha value is -2.96. The van der Waals surface area contributed by atoms with Gasteiger partial charge >= 0.3 is 0 Å². The van der Waals surface area contributed by atoms with Crippen LogP contribution in [0, 0.1) is 10.1 Å². The fourth-order valence-corrected chi connectivity index (χ4v) is 1.64. The van der Waals surface area contributed by atoms with Gasteiger partial charge in [0.1, 0.15) is 18.1 Å². The molecule has 0 aliphatic carbocycles. The summed E-state index contributed by atoms with van der Waals surface area (Å²) in [7, 11) is 0. The number of nitrogens with zero attached hydrogens (tertiary/aromatic N) is 2. The van der Waals surface area contributed by atoms with Crippen LogP contribution in [-0.4, -0.2) is 21.9 Å². The Morgan fingerprint density at radius 1 is 1.24 bits per heavy atom. The molecule has 1 unspecified atom stereocenters. The minimum atomic E-state index is -0.529. The molecular weight excluding hydrogens is 272 g/mol. The smallest absolute Gasteiger partial charge is 0.287 e. The van der Waals surface area contributed by atoms with Crippen LogP contribution >= 0.6 is 0 Å². The summed E-state index contributed by atoms with van der Waals surface area (Å²) in [4.78, 5) is 25.9. The number of carbonyl (C=O) groups excluding carboxylic acids is 1. The van der Waals surface area contributed by atoms with E-state index in [0.29, 0.717) is 11.5 Å². The molecule has 7 nitrogen and oxygen atoms in total. The minimum absolute atomic E-state index is 0.0954. The van der Waals surface area contributed by atoms with Gasteiger partial charge in [-0.05, 0) is 25.1 Å². The van der Waals surface area contributed by atoms with Crippen molar-refractivity contribution in [3.05, 3.63) is 58.8 Å².